The lowest BCUT2D eigenvalue weighted by Crippen LogP contribution is -2.28. The summed E-state index contributed by atoms with van der Waals surface area (Å²) in [7, 11) is 0. The fraction of sp³-hybridized carbons (Fsp3) is 0.286. The number of benzene rings is 4. The van der Waals surface area contributed by atoms with Crippen LogP contribution < -0.4 is 0 Å². The zero-order valence-electron chi connectivity index (χ0n) is 37.2. The highest BCUT2D eigenvalue weighted by molar-refractivity contribution is 7.20. The van der Waals surface area contributed by atoms with Crippen LogP contribution in [0.2, 0.25) is 0 Å². The molecule has 60 heavy (non-hydrogen) atoms. The van der Waals surface area contributed by atoms with Gasteiger partial charge in [0.05, 0.1) is 0 Å². The number of carbonyl (C=O) groups excluding carboxylic acids is 2. The molecule has 2 aliphatic carbocycles. The molecule has 2 aliphatic rings. The average molecular weight is 825 g/mol. The Kier molecular flexibility index (Phi) is 10.2. The van der Waals surface area contributed by atoms with Gasteiger partial charge in [-0.25, -0.2) is 0 Å². The number of Topliss-reactive ketones (excluding diaryl/α,β-unsaturated/α-hetero) is 2. The summed E-state index contributed by atoms with van der Waals surface area (Å²) >= 11 is 3.60. The van der Waals surface area contributed by atoms with E-state index < -0.39 is 0 Å². The highest BCUT2D eigenvalue weighted by atomic mass is 32.1. The molecule has 4 aromatic carbocycles. The maximum Gasteiger partial charge on any atom is 0.186 e. The molecule has 2 heterocycles. The minimum atomic E-state index is -0.351. The van der Waals surface area contributed by atoms with Crippen LogP contribution in [-0.2, 0) is 9.59 Å². The third-order valence-electron chi connectivity index (χ3n) is 11.8. The zero-order chi connectivity index (χ0) is 43.1. The van der Waals surface area contributed by atoms with Gasteiger partial charge in [0.25, 0.3) is 0 Å². The lowest BCUT2D eigenvalue weighted by Gasteiger charge is -2.32. The van der Waals surface area contributed by atoms with Gasteiger partial charge in [-0.15, -0.1) is 22.7 Å². The minimum Gasteiger partial charge on any atom is -0.289 e. The summed E-state index contributed by atoms with van der Waals surface area (Å²) in [5.41, 5.74) is 8.51. The summed E-state index contributed by atoms with van der Waals surface area (Å²) in [6.45, 7) is 25.7. The smallest absolute Gasteiger partial charge is 0.186 e. The van der Waals surface area contributed by atoms with Gasteiger partial charge < -0.3 is 0 Å². The van der Waals surface area contributed by atoms with Crippen molar-refractivity contribution in [3.63, 3.8) is 0 Å². The number of hydrogen-bond acceptors (Lipinski definition) is 4. The molecule has 0 bridgehead atoms. The van der Waals surface area contributed by atoms with Gasteiger partial charge in [0.2, 0.25) is 0 Å². The van der Waals surface area contributed by atoms with Crippen LogP contribution in [0.5, 0.6) is 0 Å². The number of allylic oxidation sites excluding steroid dienone is 10. The van der Waals surface area contributed by atoms with Crippen LogP contribution in [0.25, 0.3) is 42.1 Å². The van der Waals surface area contributed by atoms with Crippen molar-refractivity contribution < 1.29 is 9.59 Å². The van der Waals surface area contributed by atoms with E-state index in [0.29, 0.717) is 0 Å². The molecule has 0 saturated heterocycles. The van der Waals surface area contributed by atoms with Crippen LogP contribution in [0, 0.1) is 21.7 Å². The molecule has 0 radical (unpaired) electrons. The predicted octanol–water partition coefficient (Wildman–Crippen LogP) is 15.9. The first-order valence-corrected chi connectivity index (χ1v) is 22.7. The van der Waals surface area contributed by atoms with E-state index in [-0.39, 0.29) is 33.2 Å². The van der Waals surface area contributed by atoms with Gasteiger partial charge in [-0.2, -0.15) is 0 Å². The van der Waals surface area contributed by atoms with Gasteiger partial charge in [0.15, 0.2) is 11.6 Å². The molecule has 0 fully saturated rings. The molecule has 0 spiro atoms. The zero-order valence-corrected chi connectivity index (χ0v) is 38.8. The highest BCUT2D eigenvalue weighted by Crippen LogP contribution is 2.48. The first kappa shape index (κ1) is 41.6. The van der Waals surface area contributed by atoms with Crippen LogP contribution in [-0.4, -0.2) is 11.6 Å². The van der Waals surface area contributed by atoms with Crippen molar-refractivity contribution >= 4 is 76.3 Å². The monoisotopic (exact) mass is 824 g/mol. The quantitative estimate of drug-likeness (QED) is 0.177. The second-order valence-electron chi connectivity index (χ2n) is 20.6. The van der Waals surface area contributed by atoms with Gasteiger partial charge in [0.1, 0.15) is 0 Å². The lowest BCUT2D eigenvalue weighted by atomic mass is 9.71. The molecule has 0 amide bonds. The normalized spacial score (nSPS) is 15.7. The maximum absolute atomic E-state index is 14.3. The molecule has 8 rings (SSSR count). The van der Waals surface area contributed by atoms with Crippen LogP contribution in [0.15, 0.2) is 155 Å². The van der Waals surface area contributed by atoms with E-state index in [1.807, 2.05) is 0 Å². The van der Waals surface area contributed by atoms with Crippen LogP contribution >= 0.6 is 22.7 Å². The predicted molar refractivity (Wildman–Crippen MR) is 260 cm³/mol. The molecular weight excluding hydrogens is 769 g/mol. The van der Waals surface area contributed by atoms with Crippen molar-refractivity contribution in [2.24, 2.45) is 21.7 Å². The van der Waals surface area contributed by atoms with E-state index in [9.17, 15) is 9.59 Å². The molecule has 0 N–H and O–H groups in total. The van der Waals surface area contributed by atoms with E-state index >= 15 is 0 Å². The third kappa shape index (κ3) is 7.58. The topological polar surface area (TPSA) is 34.1 Å². The summed E-state index contributed by atoms with van der Waals surface area (Å²) in [6, 6.07) is 35.2. The summed E-state index contributed by atoms with van der Waals surface area (Å²) in [5.74, 6) is 0.260. The Labute approximate surface area is 364 Å². The second-order valence-corrected chi connectivity index (χ2v) is 22.7. The standard InChI is InChI=1S/C56H56O2S2/c1-53(2,3)41-27-35(28-42(51(41)57)54(4,5)6)49(47-31-33-19-13-17-23-45(33)59-47)39-25-26-40(38-22-16-15-21-37(38)39)50(48-32-34-20-14-18-24-46(34)60-48)36-29-43(55(7,8)9)52(58)44(30-36)56(10,11)12/h13-32H,1-12H3. The summed E-state index contributed by atoms with van der Waals surface area (Å²) in [4.78, 5) is 30.9. The molecule has 2 nitrogen and oxygen atoms in total. The van der Waals surface area contributed by atoms with Crippen molar-refractivity contribution in [1.29, 1.82) is 0 Å². The van der Waals surface area contributed by atoms with E-state index in [4.69, 9.17) is 0 Å². The number of rotatable bonds is 4. The SMILES string of the molecule is CC(C)(C)C1=CC(=C(c2cc3ccccc3s2)c2ccc(C(=C3C=C(C(C)(C)C)C(=O)C(C(C)(C)C)=C3)c3cc4ccccc4s3)c3ccccc23)C=C(C(C)(C)C)C1=O. The fourth-order valence-electron chi connectivity index (χ4n) is 8.58. The second kappa shape index (κ2) is 14.8. The van der Waals surface area contributed by atoms with Crippen molar-refractivity contribution in [3.05, 3.63) is 176 Å². The van der Waals surface area contributed by atoms with Gasteiger partial charge in [0, 0.05) is 52.6 Å². The van der Waals surface area contributed by atoms with Crippen molar-refractivity contribution in [2.75, 3.05) is 0 Å². The Morgan fingerprint density at radius 1 is 0.400 bits per heavy atom. The van der Waals surface area contributed by atoms with Crippen molar-refractivity contribution in [2.45, 2.75) is 83.1 Å². The van der Waals surface area contributed by atoms with E-state index in [2.05, 4.69) is 204 Å². The van der Waals surface area contributed by atoms with Gasteiger partial charge in [-0.3, -0.25) is 9.59 Å². The Balaban J connectivity index is 1.50. The number of fused-ring (bicyclic) bond motifs is 3. The Hall–Kier alpha value is -5.16. The lowest BCUT2D eigenvalue weighted by molar-refractivity contribution is -0.114. The Morgan fingerprint density at radius 3 is 1.00 bits per heavy atom. The fourth-order valence-corrected chi connectivity index (χ4v) is 10.9. The molecule has 0 saturated carbocycles. The summed E-state index contributed by atoms with van der Waals surface area (Å²) in [5, 5.41) is 4.67. The summed E-state index contributed by atoms with van der Waals surface area (Å²) < 4.78 is 2.45. The third-order valence-corrected chi connectivity index (χ3v) is 14.1. The molecular formula is C56H56O2S2. The average Bonchev–Trinajstić information content (AvgIpc) is 3.79. The van der Waals surface area contributed by atoms with E-state index in [0.717, 1.165) is 76.2 Å². The number of carbonyl (C=O) groups is 2. The molecule has 0 atom stereocenters. The molecule has 2 aromatic heterocycles. The molecule has 6 aromatic rings. The Morgan fingerprint density at radius 2 is 0.700 bits per heavy atom. The van der Waals surface area contributed by atoms with Gasteiger partial charge in [-0.05, 0) is 114 Å². The van der Waals surface area contributed by atoms with E-state index in [1.165, 1.54) is 20.2 Å². The van der Waals surface area contributed by atoms with Crippen LogP contribution in [0.1, 0.15) is 104 Å². The number of hydrogen-bond donors (Lipinski definition) is 0. The maximum atomic E-state index is 14.3. The molecule has 0 unspecified atom stereocenters. The molecule has 304 valence electrons. The van der Waals surface area contributed by atoms with Gasteiger partial charge >= 0.3 is 0 Å². The molecule has 4 heteroatoms. The Bertz CT molecular complexity index is 2630. The minimum absolute atomic E-state index is 0.130. The van der Waals surface area contributed by atoms with E-state index in [1.54, 1.807) is 22.7 Å². The van der Waals surface area contributed by atoms with Crippen LogP contribution in [0.3, 0.4) is 0 Å². The van der Waals surface area contributed by atoms with Crippen molar-refractivity contribution in [1.82, 2.24) is 0 Å². The first-order valence-electron chi connectivity index (χ1n) is 21.1. The molecule has 0 aliphatic heterocycles. The number of ketones is 2. The largest absolute Gasteiger partial charge is 0.289 e. The van der Waals surface area contributed by atoms with Crippen molar-refractivity contribution in [3.8, 4) is 0 Å². The highest BCUT2D eigenvalue weighted by Gasteiger charge is 2.37. The summed E-state index contributed by atoms with van der Waals surface area (Å²) in [6.07, 6.45) is 8.67. The first-order chi connectivity index (χ1) is 28.1. The van der Waals surface area contributed by atoms with Crippen LogP contribution in [0.4, 0.5) is 0 Å². The number of thiophene rings is 2. The van der Waals surface area contributed by atoms with Gasteiger partial charge in [-0.1, -0.05) is 156 Å².